The van der Waals surface area contributed by atoms with Gasteiger partial charge in [-0.25, -0.2) is 0 Å². The highest BCUT2D eigenvalue weighted by molar-refractivity contribution is 5.83. The van der Waals surface area contributed by atoms with Crippen LogP contribution in [0.3, 0.4) is 0 Å². The molecule has 2 saturated carbocycles. The van der Waals surface area contributed by atoms with Gasteiger partial charge in [0.25, 0.3) is 0 Å². The maximum absolute atomic E-state index is 13.2. The molecule has 3 heteroatoms. The van der Waals surface area contributed by atoms with Gasteiger partial charge in [-0.05, 0) is 38.0 Å². The molecule has 0 heterocycles. The second kappa shape index (κ2) is 6.61. The molecule has 0 saturated heterocycles. The van der Waals surface area contributed by atoms with Crippen LogP contribution < -0.4 is 0 Å². The van der Waals surface area contributed by atoms with E-state index in [1.807, 2.05) is 4.90 Å². The molecule has 0 unspecified atom stereocenters. The summed E-state index contributed by atoms with van der Waals surface area (Å²) in [7, 11) is 0. The third kappa shape index (κ3) is 3.16. The van der Waals surface area contributed by atoms with E-state index in [4.69, 9.17) is 5.26 Å². The Balaban J connectivity index is 2.17. The Hall–Kier alpha value is -1.04. The van der Waals surface area contributed by atoms with Crippen molar-refractivity contribution < 1.29 is 4.79 Å². The van der Waals surface area contributed by atoms with Crippen LogP contribution in [-0.4, -0.2) is 23.4 Å². The van der Waals surface area contributed by atoms with Crippen molar-refractivity contribution >= 4 is 5.91 Å². The van der Waals surface area contributed by atoms with Crippen molar-refractivity contribution in [1.82, 2.24) is 4.90 Å². The van der Waals surface area contributed by atoms with Crippen LogP contribution in [0.2, 0.25) is 0 Å². The maximum Gasteiger partial charge on any atom is 0.229 e. The Bertz CT molecular complexity index is 371. The molecule has 2 aliphatic rings. The van der Waals surface area contributed by atoms with Crippen molar-refractivity contribution in [2.45, 2.75) is 77.7 Å². The zero-order valence-electron chi connectivity index (χ0n) is 13.0. The molecule has 0 N–H and O–H groups in total. The average Bonchev–Trinajstić information content (AvgIpc) is 3.06. The molecule has 112 valence electrons. The molecule has 0 radical (unpaired) electrons. The monoisotopic (exact) mass is 276 g/mol. The van der Waals surface area contributed by atoms with Crippen molar-refractivity contribution in [3.8, 4) is 6.07 Å². The van der Waals surface area contributed by atoms with E-state index in [1.54, 1.807) is 0 Å². The summed E-state index contributed by atoms with van der Waals surface area (Å²) < 4.78 is 0. The highest BCUT2D eigenvalue weighted by atomic mass is 16.2. The van der Waals surface area contributed by atoms with Gasteiger partial charge in [-0.3, -0.25) is 4.79 Å². The normalized spacial score (nSPS) is 22.1. The van der Waals surface area contributed by atoms with Crippen molar-refractivity contribution in [2.24, 2.45) is 11.3 Å². The fraction of sp³-hybridized carbons (Fsp3) is 0.882. The summed E-state index contributed by atoms with van der Waals surface area (Å²) in [6, 6.07) is 2.55. The molecule has 2 aliphatic carbocycles. The Kier molecular flexibility index (Phi) is 5.07. The standard InChI is InChI=1S/C17H28N2O/c1-14(2)13-17(9-5-6-10-17)16(20)19(12-11-18)15-7-3-4-8-15/h14-15H,3-10,12-13H2,1-2H3. The van der Waals surface area contributed by atoms with Crippen molar-refractivity contribution in [1.29, 1.82) is 5.26 Å². The van der Waals surface area contributed by atoms with Crippen LogP contribution in [0.25, 0.3) is 0 Å². The van der Waals surface area contributed by atoms with E-state index >= 15 is 0 Å². The van der Waals surface area contributed by atoms with Gasteiger partial charge in [-0.2, -0.15) is 5.26 Å². The molecule has 3 nitrogen and oxygen atoms in total. The fourth-order valence-electron chi connectivity index (χ4n) is 4.30. The van der Waals surface area contributed by atoms with Crippen molar-refractivity contribution in [3.63, 3.8) is 0 Å². The minimum Gasteiger partial charge on any atom is -0.326 e. The van der Waals surface area contributed by atoms with E-state index in [-0.39, 0.29) is 17.9 Å². The average molecular weight is 276 g/mol. The van der Waals surface area contributed by atoms with Crippen LogP contribution in [0.5, 0.6) is 0 Å². The Labute approximate surface area is 123 Å². The lowest BCUT2D eigenvalue weighted by molar-refractivity contribution is -0.144. The fourth-order valence-corrected chi connectivity index (χ4v) is 4.30. The van der Waals surface area contributed by atoms with E-state index in [2.05, 4.69) is 19.9 Å². The summed E-state index contributed by atoms with van der Waals surface area (Å²) in [5.41, 5.74) is -0.159. The van der Waals surface area contributed by atoms with Crippen molar-refractivity contribution in [3.05, 3.63) is 0 Å². The smallest absolute Gasteiger partial charge is 0.229 e. The zero-order valence-corrected chi connectivity index (χ0v) is 13.0. The molecule has 0 aromatic heterocycles. The van der Waals surface area contributed by atoms with Crippen LogP contribution >= 0.6 is 0 Å². The lowest BCUT2D eigenvalue weighted by Gasteiger charge is -2.37. The lowest BCUT2D eigenvalue weighted by Crippen LogP contribution is -2.47. The van der Waals surface area contributed by atoms with Gasteiger partial charge in [-0.15, -0.1) is 0 Å². The Morgan fingerprint density at radius 2 is 1.85 bits per heavy atom. The van der Waals surface area contributed by atoms with Gasteiger partial charge in [0.2, 0.25) is 5.91 Å². The number of amides is 1. The summed E-state index contributed by atoms with van der Waals surface area (Å²) >= 11 is 0. The third-order valence-corrected chi connectivity index (χ3v) is 5.08. The summed E-state index contributed by atoms with van der Waals surface area (Å²) in [5.74, 6) is 0.835. The zero-order chi connectivity index (χ0) is 14.6. The van der Waals surface area contributed by atoms with E-state index in [0.717, 1.165) is 32.1 Å². The van der Waals surface area contributed by atoms with Gasteiger partial charge >= 0.3 is 0 Å². The van der Waals surface area contributed by atoms with E-state index in [0.29, 0.717) is 12.0 Å². The van der Waals surface area contributed by atoms with Crippen LogP contribution in [0.15, 0.2) is 0 Å². The van der Waals surface area contributed by atoms with Gasteiger partial charge in [0.1, 0.15) is 6.54 Å². The molecule has 0 spiro atoms. The Morgan fingerprint density at radius 1 is 1.25 bits per heavy atom. The minimum absolute atomic E-state index is 0.159. The highest BCUT2D eigenvalue weighted by Crippen LogP contribution is 2.45. The van der Waals surface area contributed by atoms with Gasteiger partial charge in [0.15, 0.2) is 0 Å². The maximum atomic E-state index is 13.2. The largest absolute Gasteiger partial charge is 0.326 e. The summed E-state index contributed by atoms with van der Waals surface area (Å²) in [6.07, 6.45) is 9.97. The van der Waals surface area contributed by atoms with E-state index in [9.17, 15) is 4.79 Å². The molecule has 0 aromatic rings. The van der Waals surface area contributed by atoms with Crippen LogP contribution in [0, 0.1) is 22.7 Å². The summed E-state index contributed by atoms with van der Waals surface area (Å²) in [5, 5.41) is 9.11. The SMILES string of the molecule is CC(C)CC1(C(=O)N(CC#N)C2CCCC2)CCCC1. The van der Waals surface area contributed by atoms with Crippen LogP contribution in [0.1, 0.15) is 71.6 Å². The predicted molar refractivity (Wildman–Crippen MR) is 79.9 cm³/mol. The van der Waals surface area contributed by atoms with Crippen molar-refractivity contribution in [2.75, 3.05) is 6.54 Å². The number of nitrogens with zero attached hydrogens (tertiary/aromatic N) is 2. The van der Waals surface area contributed by atoms with Crippen LogP contribution in [0.4, 0.5) is 0 Å². The summed E-state index contributed by atoms with van der Waals surface area (Å²) in [4.78, 5) is 15.1. The lowest BCUT2D eigenvalue weighted by atomic mass is 9.77. The number of rotatable bonds is 5. The molecular weight excluding hydrogens is 248 g/mol. The Morgan fingerprint density at radius 3 is 2.35 bits per heavy atom. The number of carbonyl (C=O) groups excluding carboxylic acids is 1. The second-order valence-corrected chi connectivity index (χ2v) is 7.11. The summed E-state index contributed by atoms with van der Waals surface area (Å²) in [6.45, 7) is 4.69. The molecule has 0 aromatic carbocycles. The first-order chi connectivity index (χ1) is 9.59. The molecule has 2 fully saturated rings. The number of carbonyl (C=O) groups is 1. The molecular formula is C17H28N2O. The highest BCUT2D eigenvalue weighted by Gasteiger charge is 2.45. The first-order valence-electron chi connectivity index (χ1n) is 8.27. The number of hydrogen-bond acceptors (Lipinski definition) is 2. The molecule has 20 heavy (non-hydrogen) atoms. The number of hydrogen-bond donors (Lipinski definition) is 0. The molecule has 0 atom stereocenters. The van der Waals surface area contributed by atoms with E-state index < -0.39 is 0 Å². The molecule has 0 aliphatic heterocycles. The second-order valence-electron chi connectivity index (χ2n) is 7.11. The first kappa shape index (κ1) is 15.4. The first-order valence-corrected chi connectivity index (χ1v) is 8.27. The number of nitriles is 1. The third-order valence-electron chi connectivity index (χ3n) is 5.08. The van der Waals surface area contributed by atoms with Gasteiger partial charge in [0.05, 0.1) is 6.07 Å². The van der Waals surface area contributed by atoms with E-state index in [1.165, 1.54) is 25.7 Å². The molecule has 0 bridgehead atoms. The topological polar surface area (TPSA) is 44.1 Å². The van der Waals surface area contributed by atoms with Gasteiger partial charge in [-0.1, -0.05) is 39.5 Å². The molecule has 1 amide bonds. The molecule has 2 rings (SSSR count). The predicted octanol–water partition coefficient (Wildman–Crippen LogP) is 3.89. The van der Waals surface area contributed by atoms with Gasteiger partial charge in [0, 0.05) is 11.5 Å². The van der Waals surface area contributed by atoms with Crippen LogP contribution in [-0.2, 0) is 4.79 Å². The quantitative estimate of drug-likeness (QED) is 0.715. The minimum atomic E-state index is -0.159. The van der Waals surface area contributed by atoms with Gasteiger partial charge < -0.3 is 4.90 Å².